The van der Waals surface area contributed by atoms with Crippen molar-refractivity contribution < 1.29 is 13.2 Å². The standard InChI is InChI=1S/C27H35F3N4S.2ClH/c1-18-3-2-9-34(17-18)22-5-4-19-13-23-24(32-21-6-10-33(11-7-21)12-8-31)14-20(27(28,29)30)15-26(23)35-25(19)16-22;;/h4-5,14-16,18,21,32H,2-3,6-13,17,31H2,1H3;2*1H. The second kappa shape index (κ2) is 12.7. The summed E-state index contributed by atoms with van der Waals surface area (Å²) in [6.45, 7) is 7.71. The SMILES string of the molecule is CC1CCCN(c2ccc3c(c2)Sc2cc(C(F)(F)F)cc(NC4CCN(CCN)CC4)c2C3)C1.Cl.Cl. The predicted molar refractivity (Wildman–Crippen MR) is 152 cm³/mol. The minimum atomic E-state index is -4.37. The molecular formula is C27H37Cl2F3N4S. The maximum absolute atomic E-state index is 13.8. The number of nitrogens with zero attached hydrogens (tertiary/aromatic N) is 2. The Morgan fingerprint density at radius 3 is 2.46 bits per heavy atom. The Morgan fingerprint density at radius 1 is 1.03 bits per heavy atom. The second-order valence-corrected chi connectivity index (χ2v) is 11.4. The number of likely N-dealkylation sites (tertiary alicyclic amines) is 1. The summed E-state index contributed by atoms with van der Waals surface area (Å²) in [6.07, 6.45) is 0.539. The highest BCUT2D eigenvalue weighted by molar-refractivity contribution is 7.99. The van der Waals surface area contributed by atoms with Gasteiger partial charge in [0.25, 0.3) is 0 Å². The van der Waals surface area contributed by atoms with Crippen molar-refractivity contribution in [1.29, 1.82) is 0 Å². The highest BCUT2D eigenvalue weighted by atomic mass is 35.5. The van der Waals surface area contributed by atoms with Crippen LogP contribution in [0.3, 0.4) is 0 Å². The number of benzene rings is 2. The largest absolute Gasteiger partial charge is 0.416 e. The summed E-state index contributed by atoms with van der Waals surface area (Å²) >= 11 is 1.49. The number of alkyl halides is 3. The van der Waals surface area contributed by atoms with Gasteiger partial charge in [-0.1, -0.05) is 24.8 Å². The van der Waals surface area contributed by atoms with Crippen LogP contribution >= 0.6 is 36.6 Å². The highest BCUT2D eigenvalue weighted by Gasteiger charge is 2.34. The van der Waals surface area contributed by atoms with E-state index in [1.807, 2.05) is 0 Å². The summed E-state index contributed by atoms with van der Waals surface area (Å²) in [5.41, 5.74) is 9.10. The summed E-state index contributed by atoms with van der Waals surface area (Å²) in [5, 5.41) is 3.50. The molecule has 1 unspecified atom stereocenters. The number of piperidine rings is 2. The van der Waals surface area contributed by atoms with E-state index in [2.05, 4.69) is 40.2 Å². The summed E-state index contributed by atoms with van der Waals surface area (Å²) in [6, 6.07) is 9.38. The quantitative estimate of drug-likeness (QED) is 0.355. The lowest BCUT2D eigenvalue weighted by Gasteiger charge is -2.34. The first-order valence-electron chi connectivity index (χ1n) is 12.8. The number of rotatable bonds is 5. The lowest BCUT2D eigenvalue weighted by Crippen LogP contribution is -2.41. The van der Waals surface area contributed by atoms with E-state index < -0.39 is 11.7 Å². The number of hydrogen-bond acceptors (Lipinski definition) is 5. The topological polar surface area (TPSA) is 44.5 Å². The van der Waals surface area contributed by atoms with Crippen molar-refractivity contribution in [3.8, 4) is 0 Å². The molecule has 1 atom stereocenters. The minimum absolute atomic E-state index is 0. The molecule has 3 heterocycles. The van der Waals surface area contributed by atoms with Crippen molar-refractivity contribution >= 4 is 48.0 Å². The molecule has 2 fully saturated rings. The third-order valence-electron chi connectivity index (χ3n) is 7.59. The van der Waals surface area contributed by atoms with Crippen molar-refractivity contribution in [2.45, 2.75) is 61.0 Å². The van der Waals surface area contributed by atoms with E-state index in [1.165, 1.54) is 48.0 Å². The molecule has 206 valence electrons. The van der Waals surface area contributed by atoms with E-state index in [1.54, 1.807) is 0 Å². The number of hydrogen-bond donors (Lipinski definition) is 2. The third kappa shape index (κ3) is 7.01. The van der Waals surface area contributed by atoms with Crippen LogP contribution in [0.25, 0.3) is 0 Å². The zero-order valence-electron chi connectivity index (χ0n) is 21.2. The molecular weight excluding hydrogens is 540 g/mol. The van der Waals surface area contributed by atoms with Crippen molar-refractivity contribution in [2.24, 2.45) is 11.7 Å². The molecule has 3 aliphatic rings. The number of fused-ring (bicyclic) bond motifs is 2. The first kappa shape index (κ1) is 30.2. The summed E-state index contributed by atoms with van der Waals surface area (Å²) in [5.74, 6) is 0.665. The highest BCUT2D eigenvalue weighted by Crippen LogP contribution is 2.46. The Kier molecular flexibility index (Phi) is 10.4. The van der Waals surface area contributed by atoms with Crippen molar-refractivity contribution in [1.82, 2.24) is 4.90 Å². The summed E-state index contributed by atoms with van der Waals surface area (Å²) < 4.78 is 41.5. The van der Waals surface area contributed by atoms with Crippen LogP contribution in [0.4, 0.5) is 24.5 Å². The molecule has 2 aromatic rings. The molecule has 0 aromatic heterocycles. The van der Waals surface area contributed by atoms with Gasteiger partial charge < -0.3 is 20.9 Å². The molecule has 0 aliphatic carbocycles. The molecule has 0 spiro atoms. The zero-order valence-corrected chi connectivity index (χ0v) is 23.6. The van der Waals surface area contributed by atoms with Crippen LogP contribution in [-0.4, -0.2) is 50.2 Å². The Bertz CT molecular complexity index is 1060. The molecule has 0 saturated carbocycles. The Balaban J connectivity index is 0.00000190. The van der Waals surface area contributed by atoms with Gasteiger partial charge in [-0.05, 0) is 67.0 Å². The number of nitrogens with two attached hydrogens (primary N) is 1. The van der Waals surface area contributed by atoms with Gasteiger partial charge in [0.2, 0.25) is 0 Å². The van der Waals surface area contributed by atoms with Crippen LogP contribution in [0.5, 0.6) is 0 Å². The maximum Gasteiger partial charge on any atom is 0.416 e. The molecule has 4 nitrogen and oxygen atoms in total. The number of halogens is 5. The van der Waals surface area contributed by atoms with E-state index in [0.29, 0.717) is 24.6 Å². The van der Waals surface area contributed by atoms with Gasteiger partial charge in [-0.3, -0.25) is 0 Å². The predicted octanol–water partition coefficient (Wildman–Crippen LogP) is 6.68. The smallest absolute Gasteiger partial charge is 0.382 e. The van der Waals surface area contributed by atoms with Crippen LogP contribution in [-0.2, 0) is 12.6 Å². The van der Waals surface area contributed by atoms with Gasteiger partial charge in [0.15, 0.2) is 0 Å². The molecule has 0 bridgehead atoms. The Morgan fingerprint density at radius 2 is 1.78 bits per heavy atom. The molecule has 37 heavy (non-hydrogen) atoms. The van der Waals surface area contributed by atoms with Gasteiger partial charge in [-0.2, -0.15) is 13.2 Å². The molecule has 5 rings (SSSR count). The number of nitrogens with one attached hydrogen (secondary N) is 1. The summed E-state index contributed by atoms with van der Waals surface area (Å²) in [7, 11) is 0. The lowest BCUT2D eigenvalue weighted by atomic mass is 9.97. The molecule has 2 saturated heterocycles. The third-order valence-corrected chi connectivity index (χ3v) is 8.77. The molecule has 3 aliphatic heterocycles. The van der Waals surface area contributed by atoms with Gasteiger partial charge in [0.1, 0.15) is 0 Å². The van der Waals surface area contributed by atoms with E-state index in [4.69, 9.17) is 5.73 Å². The minimum Gasteiger partial charge on any atom is -0.382 e. The van der Waals surface area contributed by atoms with Crippen LogP contribution in [0.1, 0.15) is 49.3 Å². The second-order valence-electron chi connectivity index (χ2n) is 10.3. The first-order valence-corrected chi connectivity index (χ1v) is 13.6. The van der Waals surface area contributed by atoms with Crippen LogP contribution in [0.15, 0.2) is 40.1 Å². The van der Waals surface area contributed by atoms with Gasteiger partial charge in [-0.25, -0.2) is 0 Å². The molecule has 0 radical (unpaired) electrons. The first-order chi connectivity index (χ1) is 16.8. The van der Waals surface area contributed by atoms with Crippen molar-refractivity contribution in [3.05, 3.63) is 47.0 Å². The normalized spacial score (nSPS) is 20.4. The monoisotopic (exact) mass is 576 g/mol. The summed E-state index contributed by atoms with van der Waals surface area (Å²) in [4.78, 5) is 6.54. The average molecular weight is 578 g/mol. The maximum atomic E-state index is 13.8. The van der Waals surface area contributed by atoms with Crippen LogP contribution in [0, 0.1) is 5.92 Å². The molecule has 2 aromatic carbocycles. The van der Waals surface area contributed by atoms with Gasteiger partial charge in [-0.15, -0.1) is 24.8 Å². The van der Waals surface area contributed by atoms with Gasteiger partial charge in [0, 0.05) is 72.9 Å². The lowest BCUT2D eigenvalue weighted by molar-refractivity contribution is -0.137. The van der Waals surface area contributed by atoms with Crippen molar-refractivity contribution in [3.63, 3.8) is 0 Å². The van der Waals surface area contributed by atoms with E-state index in [9.17, 15) is 13.2 Å². The Hall–Kier alpha value is -1.32. The van der Waals surface area contributed by atoms with Gasteiger partial charge in [0.05, 0.1) is 5.56 Å². The van der Waals surface area contributed by atoms with E-state index in [-0.39, 0.29) is 30.9 Å². The molecule has 3 N–H and O–H groups in total. The van der Waals surface area contributed by atoms with Crippen LogP contribution < -0.4 is 16.0 Å². The fourth-order valence-corrected chi connectivity index (χ4v) is 6.81. The fourth-order valence-electron chi connectivity index (χ4n) is 5.63. The number of anilines is 2. The van der Waals surface area contributed by atoms with Crippen molar-refractivity contribution in [2.75, 3.05) is 49.5 Å². The zero-order chi connectivity index (χ0) is 24.6. The van der Waals surface area contributed by atoms with E-state index >= 15 is 0 Å². The average Bonchev–Trinajstić information content (AvgIpc) is 2.83. The molecule has 10 heteroatoms. The fraction of sp³-hybridized carbons (Fsp3) is 0.556. The van der Waals surface area contributed by atoms with Crippen LogP contribution in [0.2, 0.25) is 0 Å². The Labute approximate surface area is 234 Å². The van der Waals surface area contributed by atoms with Gasteiger partial charge >= 0.3 is 6.18 Å². The molecule has 0 amide bonds. The van der Waals surface area contributed by atoms with E-state index in [0.717, 1.165) is 60.9 Å².